The summed E-state index contributed by atoms with van der Waals surface area (Å²) < 4.78 is 12.2. The summed E-state index contributed by atoms with van der Waals surface area (Å²) in [4.78, 5) is 19.5. The predicted octanol–water partition coefficient (Wildman–Crippen LogP) is 4.08. The molecule has 34 heavy (non-hydrogen) atoms. The number of carbonyl (C=O) groups is 1. The van der Waals surface area contributed by atoms with E-state index in [9.17, 15) is 9.90 Å². The fraction of sp³-hybridized carbons (Fsp3) is 0.333. The summed E-state index contributed by atoms with van der Waals surface area (Å²) in [5.74, 6) is 0.513. The Kier molecular flexibility index (Phi) is 7.38. The zero-order valence-electron chi connectivity index (χ0n) is 19.2. The Hall–Kier alpha value is -3.92. The molecule has 1 aliphatic heterocycles. The zero-order valence-corrected chi connectivity index (χ0v) is 19.2. The third kappa shape index (κ3) is 5.18. The standard InChI is InChI=1S/C24H27N5O5/c1-32-20-10-9-17(13-21(20)33-2)14-25-34-15-22(30)26-27-23-18-7-3-4-8-19(18)29(24(23)31)16-28-11-5-6-12-28/h3-4,7-10,13-14,31H,5-6,11-12,15-16H2,1-2H3/b25-14-,27-26?. The molecule has 3 aromatic rings. The Morgan fingerprint density at radius 1 is 1.09 bits per heavy atom. The number of benzene rings is 2. The highest BCUT2D eigenvalue weighted by Crippen LogP contribution is 2.39. The van der Waals surface area contributed by atoms with E-state index in [0.717, 1.165) is 36.8 Å². The number of methoxy groups -OCH3 is 2. The van der Waals surface area contributed by atoms with Gasteiger partial charge in [0.2, 0.25) is 5.88 Å². The molecular formula is C24H27N5O5. The third-order valence-corrected chi connectivity index (χ3v) is 5.59. The van der Waals surface area contributed by atoms with Crippen LogP contribution in [-0.2, 0) is 16.3 Å². The Balaban J connectivity index is 1.40. The van der Waals surface area contributed by atoms with Crippen molar-refractivity contribution in [3.63, 3.8) is 0 Å². The molecule has 1 aromatic heterocycles. The molecule has 1 amide bonds. The molecule has 0 aliphatic carbocycles. The van der Waals surface area contributed by atoms with Gasteiger partial charge in [0.15, 0.2) is 23.8 Å². The van der Waals surface area contributed by atoms with Crippen LogP contribution in [0.2, 0.25) is 0 Å². The van der Waals surface area contributed by atoms with E-state index in [-0.39, 0.29) is 18.2 Å². The Morgan fingerprint density at radius 3 is 2.62 bits per heavy atom. The number of ether oxygens (including phenoxy) is 2. The first-order chi connectivity index (χ1) is 16.6. The minimum Gasteiger partial charge on any atom is -0.493 e. The first-order valence-electron chi connectivity index (χ1n) is 10.9. The second kappa shape index (κ2) is 10.8. The summed E-state index contributed by atoms with van der Waals surface area (Å²) in [6.07, 6.45) is 3.75. The number of azo groups is 1. The highest BCUT2D eigenvalue weighted by atomic mass is 16.6. The Labute approximate surface area is 197 Å². The van der Waals surface area contributed by atoms with Gasteiger partial charge in [-0.2, -0.15) is 0 Å². The highest BCUT2D eigenvalue weighted by Gasteiger charge is 2.20. The van der Waals surface area contributed by atoms with Gasteiger partial charge in [-0.25, -0.2) is 0 Å². The number of oxime groups is 1. The summed E-state index contributed by atoms with van der Waals surface area (Å²) in [5.41, 5.74) is 1.81. The lowest BCUT2D eigenvalue weighted by atomic mass is 10.2. The smallest absolute Gasteiger partial charge is 0.304 e. The molecular weight excluding hydrogens is 438 g/mol. The van der Waals surface area contributed by atoms with Crippen LogP contribution in [0.15, 0.2) is 57.8 Å². The third-order valence-electron chi connectivity index (χ3n) is 5.59. The lowest BCUT2D eigenvalue weighted by molar-refractivity contribution is -0.122. The number of aromatic nitrogens is 1. The first-order valence-corrected chi connectivity index (χ1v) is 10.9. The molecule has 2 heterocycles. The molecule has 4 rings (SSSR count). The van der Waals surface area contributed by atoms with Gasteiger partial charge in [0.1, 0.15) is 0 Å². The van der Waals surface area contributed by atoms with Crippen molar-refractivity contribution < 1.29 is 24.2 Å². The number of rotatable bonds is 9. The molecule has 0 radical (unpaired) electrons. The lowest BCUT2D eigenvalue weighted by Gasteiger charge is -2.17. The van der Waals surface area contributed by atoms with Crippen LogP contribution in [0.25, 0.3) is 10.9 Å². The van der Waals surface area contributed by atoms with Gasteiger partial charge in [-0.05, 0) is 50.2 Å². The van der Waals surface area contributed by atoms with Crippen molar-refractivity contribution in [2.45, 2.75) is 19.5 Å². The quantitative estimate of drug-likeness (QED) is 0.290. The molecule has 1 fully saturated rings. The van der Waals surface area contributed by atoms with Crippen LogP contribution >= 0.6 is 0 Å². The fourth-order valence-electron chi connectivity index (χ4n) is 3.90. The fourth-order valence-corrected chi connectivity index (χ4v) is 3.90. The average molecular weight is 466 g/mol. The van der Waals surface area contributed by atoms with Gasteiger partial charge in [0.25, 0.3) is 0 Å². The van der Waals surface area contributed by atoms with Gasteiger partial charge in [-0.15, -0.1) is 10.2 Å². The molecule has 0 bridgehead atoms. The molecule has 10 heteroatoms. The van der Waals surface area contributed by atoms with Gasteiger partial charge in [-0.3, -0.25) is 14.3 Å². The van der Waals surface area contributed by atoms with E-state index in [2.05, 4.69) is 20.3 Å². The Morgan fingerprint density at radius 2 is 1.85 bits per heavy atom. The summed E-state index contributed by atoms with van der Waals surface area (Å²) in [6.45, 7) is 2.15. The SMILES string of the molecule is COc1ccc(/C=N\OCC(=O)N=Nc2c(O)n(CN3CCCC3)c3ccccc23)cc1OC. The summed E-state index contributed by atoms with van der Waals surface area (Å²) in [5, 5.41) is 23.1. The topological polar surface area (TPSA) is 110 Å². The summed E-state index contributed by atoms with van der Waals surface area (Å²) >= 11 is 0. The molecule has 1 saturated heterocycles. The molecule has 178 valence electrons. The van der Waals surface area contributed by atoms with Crippen LogP contribution in [0.4, 0.5) is 5.69 Å². The van der Waals surface area contributed by atoms with Crippen molar-refractivity contribution in [2.24, 2.45) is 15.4 Å². The van der Waals surface area contributed by atoms with Crippen molar-refractivity contribution in [3.8, 4) is 17.4 Å². The minimum absolute atomic E-state index is 0.0166. The van der Waals surface area contributed by atoms with Crippen molar-refractivity contribution in [3.05, 3.63) is 48.0 Å². The van der Waals surface area contributed by atoms with Crippen molar-refractivity contribution >= 4 is 28.7 Å². The number of hydrogen-bond donors (Lipinski definition) is 1. The number of nitrogens with zero attached hydrogens (tertiary/aromatic N) is 5. The maximum absolute atomic E-state index is 12.2. The molecule has 0 saturated carbocycles. The van der Waals surface area contributed by atoms with Gasteiger partial charge < -0.3 is 19.4 Å². The number of fused-ring (bicyclic) bond motifs is 1. The number of amides is 1. The molecule has 1 aliphatic rings. The molecule has 10 nitrogen and oxygen atoms in total. The lowest BCUT2D eigenvalue weighted by Crippen LogP contribution is -2.22. The summed E-state index contributed by atoms with van der Waals surface area (Å²) in [7, 11) is 3.10. The molecule has 2 aromatic carbocycles. The van der Waals surface area contributed by atoms with E-state index in [1.807, 2.05) is 24.3 Å². The van der Waals surface area contributed by atoms with E-state index in [1.165, 1.54) is 6.21 Å². The van der Waals surface area contributed by atoms with Crippen LogP contribution in [0.3, 0.4) is 0 Å². The zero-order chi connectivity index (χ0) is 23.9. The van der Waals surface area contributed by atoms with Crippen molar-refractivity contribution in [2.75, 3.05) is 33.9 Å². The number of likely N-dealkylation sites (tertiary alicyclic amines) is 1. The second-order valence-corrected chi connectivity index (χ2v) is 7.80. The summed E-state index contributed by atoms with van der Waals surface area (Å²) in [6, 6.07) is 12.8. The van der Waals surface area contributed by atoms with Crippen molar-refractivity contribution in [1.82, 2.24) is 9.47 Å². The van der Waals surface area contributed by atoms with Crippen LogP contribution in [-0.4, -0.2) is 60.6 Å². The largest absolute Gasteiger partial charge is 0.493 e. The van der Waals surface area contributed by atoms with E-state index < -0.39 is 5.91 Å². The molecule has 0 unspecified atom stereocenters. The molecule has 0 atom stereocenters. The van der Waals surface area contributed by atoms with Crippen LogP contribution in [0, 0.1) is 0 Å². The molecule has 0 spiro atoms. The van der Waals surface area contributed by atoms with E-state index in [1.54, 1.807) is 37.0 Å². The van der Waals surface area contributed by atoms with Crippen LogP contribution < -0.4 is 9.47 Å². The maximum Gasteiger partial charge on any atom is 0.304 e. The minimum atomic E-state index is -0.625. The van der Waals surface area contributed by atoms with Gasteiger partial charge >= 0.3 is 5.91 Å². The van der Waals surface area contributed by atoms with E-state index in [4.69, 9.17) is 14.3 Å². The monoisotopic (exact) mass is 465 g/mol. The number of aromatic hydroxyl groups is 1. The van der Waals surface area contributed by atoms with E-state index >= 15 is 0 Å². The molecule has 1 N–H and O–H groups in total. The first kappa shape index (κ1) is 23.2. The normalized spacial score (nSPS) is 14.4. The highest BCUT2D eigenvalue weighted by molar-refractivity contribution is 5.95. The number of para-hydroxylation sites is 1. The van der Waals surface area contributed by atoms with Gasteiger partial charge in [0, 0.05) is 10.9 Å². The van der Waals surface area contributed by atoms with Gasteiger partial charge in [0.05, 0.1) is 32.6 Å². The van der Waals surface area contributed by atoms with Gasteiger partial charge in [-0.1, -0.05) is 23.4 Å². The van der Waals surface area contributed by atoms with E-state index in [0.29, 0.717) is 23.7 Å². The number of hydrogen-bond acceptors (Lipinski definition) is 8. The Bertz CT molecular complexity index is 1210. The maximum atomic E-state index is 12.2. The van der Waals surface area contributed by atoms with Crippen molar-refractivity contribution in [1.29, 1.82) is 0 Å². The average Bonchev–Trinajstić information content (AvgIpc) is 3.47. The second-order valence-electron chi connectivity index (χ2n) is 7.80. The number of carbonyl (C=O) groups excluding carboxylic acids is 1. The predicted molar refractivity (Wildman–Crippen MR) is 127 cm³/mol. The van der Waals surface area contributed by atoms with Crippen LogP contribution in [0.1, 0.15) is 18.4 Å². The van der Waals surface area contributed by atoms with Crippen LogP contribution in [0.5, 0.6) is 17.4 Å².